The van der Waals surface area contributed by atoms with E-state index in [0.717, 1.165) is 22.9 Å². The normalized spacial score (nSPS) is 17.8. The number of benzene rings is 1. The predicted octanol–water partition coefficient (Wildman–Crippen LogP) is 2.38. The molecule has 1 aliphatic rings. The topological polar surface area (TPSA) is 62.5 Å². The molecule has 1 atom stereocenters. The quantitative estimate of drug-likeness (QED) is 0.938. The van der Waals surface area contributed by atoms with Crippen LogP contribution in [0.2, 0.25) is 0 Å². The van der Waals surface area contributed by atoms with Gasteiger partial charge in [-0.2, -0.15) is 0 Å². The third kappa shape index (κ3) is 3.23. The molecule has 0 saturated heterocycles. The van der Waals surface area contributed by atoms with Crippen LogP contribution in [0.1, 0.15) is 22.4 Å². The Kier molecular flexibility index (Phi) is 4.63. The van der Waals surface area contributed by atoms with E-state index in [-0.39, 0.29) is 5.91 Å². The Morgan fingerprint density at radius 2 is 2.09 bits per heavy atom. The molecule has 3 rings (SSSR count). The van der Waals surface area contributed by atoms with Gasteiger partial charge in [0, 0.05) is 31.9 Å². The maximum absolute atomic E-state index is 13.0. The Balaban J connectivity index is 1.96. The number of nitrogens with zero attached hydrogens (tertiary/aromatic N) is 3. The van der Waals surface area contributed by atoms with Gasteiger partial charge in [-0.1, -0.05) is 19.1 Å². The van der Waals surface area contributed by atoms with Crippen LogP contribution in [0.3, 0.4) is 0 Å². The summed E-state index contributed by atoms with van der Waals surface area (Å²) in [5.74, 6) is 0.359. The molecule has 23 heavy (non-hydrogen) atoms. The van der Waals surface area contributed by atoms with Gasteiger partial charge in [-0.05, 0) is 24.6 Å². The summed E-state index contributed by atoms with van der Waals surface area (Å²) in [6.07, 6.45) is 0.716. The molecule has 0 saturated carbocycles. The third-order valence-corrected chi connectivity index (χ3v) is 4.95. The molecule has 2 aromatic rings. The van der Waals surface area contributed by atoms with Crippen LogP contribution in [0.15, 0.2) is 29.6 Å². The molecule has 0 radical (unpaired) electrons. The fourth-order valence-corrected chi connectivity index (χ4v) is 3.81. The number of carbonyl (C=O) groups is 1. The minimum atomic E-state index is -0.0286. The van der Waals surface area contributed by atoms with Gasteiger partial charge < -0.3 is 15.5 Å². The molecular formula is C17H22N4OS. The van der Waals surface area contributed by atoms with Crippen molar-refractivity contribution in [2.24, 2.45) is 11.7 Å². The number of carbonyl (C=O) groups excluding carboxylic acids is 1. The lowest BCUT2D eigenvalue weighted by Crippen LogP contribution is -2.35. The van der Waals surface area contributed by atoms with Crippen molar-refractivity contribution >= 4 is 28.6 Å². The van der Waals surface area contributed by atoms with Crippen LogP contribution in [0, 0.1) is 5.92 Å². The summed E-state index contributed by atoms with van der Waals surface area (Å²) in [7, 11) is 2.07. The van der Waals surface area contributed by atoms with Gasteiger partial charge in [0.2, 0.25) is 0 Å². The van der Waals surface area contributed by atoms with Gasteiger partial charge in [-0.25, -0.2) is 4.98 Å². The first-order valence-corrected chi connectivity index (χ1v) is 8.74. The highest BCUT2D eigenvalue weighted by Crippen LogP contribution is 2.33. The van der Waals surface area contributed by atoms with Gasteiger partial charge in [0.05, 0.1) is 16.4 Å². The lowest BCUT2D eigenvalue weighted by Gasteiger charge is -2.23. The first-order valence-electron chi connectivity index (χ1n) is 7.86. The van der Waals surface area contributed by atoms with Gasteiger partial charge in [0.15, 0.2) is 0 Å². The minimum absolute atomic E-state index is 0.0286. The summed E-state index contributed by atoms with van der Waals surface area (Å²) >= 11 is 1.51. The number of fused-ring (bicyclic) bond motifs is 1. The van der Waals surface area contributed by atoms with E-state index in [1.54, 1.807) is 0 Å². The van der Waals surface area contributed by atoms with E-state index in [0.29, 0.717) is 31.1 Å². The second-order valence-corrected chi connectivity index (χ2v) is 7.00. The predicted molar refractivity (Wildman–Crippen MR) is 95.4 cm³/mol. The van der Waals surface area contributed by atoms with Gasteiger partial charge in [-0.3, -0.25) is 4.79 Å². The van der Waals surface area contributed by atoms with E-state index in [1.807, 2.05) is 28.5 Å². The SMILES string of the molecule is CC1CN(C)c2ccccc2N(C(=O)c2csc(CCN)n2)C1. The number of hydrogen-bond acceptors (Lipinski definition) is 5. The maximum atomic E-state index is 13.0. The lowest BCUT2D eigenvalue weighted by atomic mass is 10.1. The maximum Gasteiger partial charge on any atom is 0.277 e. The molecule has 0 bridgehead atoms. The van der Waals surface area contributed by atoms with Crippen molar-refractivity contribution in [1.29, 1.82) is 0 Å². The standard InChI is InChI=1S/C17H22N4OS/c1-12-9-20(2)14-5-3-4-6-15(14)21(10-12)17(22)13-11-23-16(19-13)7-8-18/h3-6,11-12H,7-10,18H2,1-2H3. The third-order valence-electron chi connectivity index (χ3n) is 4.04. The number of hydrogen-bond donors (Lipinski definition) is 1. The second-order valence-electron chi connectivity index (χ2n) is 6.06. The molecule has 1 aliphatic heterocycles. The highest BCUT2D eigenvalue weighted by atomic mass is 32.1. The second kappa shape index (κ2) is 6.68. The molecule has 1 aromatic heterocycles. The van der Waals surface area contributed by atoms with E-state index in [9.17, 15) is 4.79 Å². The zero-order chi connectivity index (χ0) is 16.4. The molecular weight excluding hydrogens is 308 g/mol. The number of aromatic nitrogens is 1. The molecule has 2 heterocycles. The first-order chi connectivity index (χ1) is 11.1. The van der Waals surface area contributed by atoms with Crippen molar-refractivity contribution < 1.29 is 4.79 Å². The van der Waals surface area contributed by atoms with E-state index < -0.39 is 0 Å². The molecule has 0 fully saturated rings. The van der Waals surface area contributed by atoms with Crippen molar-refractivity contribution in [3.63, 3.8) is 0 Å². The first kappa shape index (κ1) is 16.0. The Morgan fingerprint density at radius 1 is 1.35 bits per heavy atom. The molecule has 0 aliphatic carbocycles. The fraction of sp³-hybridized carbons (Fsp3) is 0.412. The Morgan fingerprint density at radius 3 is 2.83 bits per heavy atom. The van der Waals surface area contributed by atoms with E-state index >= 15 is 0 Å². The molecule has 0 spiro atoms. The Bertz CT molecular complexity index is 699. The van der Waals surface area contributed by atoms with Crippen LogP contribution < -0.4 is 15.5 Å². The summed E-state index contributed by atoms with van der Waals surface area (Å²) in [6.45, 7) is 4.35. The molecule has 6 heteroatoms. The van der Waals surface area contributed by atoms with Gasteiger partial charge >= 0.3 is 0 Å². The zero-order valence-electron chi connectivity index (χ0n) is 13.5. The molecule has 1 amide bonds. The van der Waals surface area contributed by atoms with E-state index in [1.165, 1.54) is 11.3 Å². The number of thiazole rings is 1. The molecule has 122 valence electrons. The number of para-hydroxylation sites is 2. The van der Waals surface area contributed by atoms with Crippen LogP contribution in [-0.2, 0) is 6.42 Å². The van der Waals surface area contributed by atoms with Crippen LogP contribution in [0.5, 0.6) is 0 Å². The Labute approximate surface area is 140 Å². The Hall–Kier alpha value is -1.92. The van der Waals surface area contributed by atoms with Crippen LogP contribution in [-0.4, -0.2) is 37.6 Å². The number of nitrogens with two attached hydrogens (primary N) is 1. The summed E-state index contributed by atoms with van der Waals surface area (Å²) < 4.78 is 0. The lowest BCUT2D eigenvalue weighted by molar-refractivity contribution is 0.0980. The van der Waals surface area contributed by atoms with Crippen molar-refractivity contribution in [2.75, 3.05) is 36.5 Å². The van der Waals surface area contributed by atoms with Crippen molar-refractivity contribution in [3.05, 3.63) is 40.3 Å². The highest BCUT2D eigenvalue weighted by Gasteiger charge is 2.28. The van der Waals surface area contributed by atoms with Crippen LogP contribution in [0.4, 0.5) is 11.4 Å². The largest absolute Gasteiger partial charge is 0.373 e. The average Bonchev–Trinajstić information content (AvgIpc) is 2.96. The van der Waals surface area contributed by atoms with Crippen molar-refractivity contribution in [1.82, 2.24) is 4.98 Å². The smallest absolute Gasteiger partial charge is 0.277 e. The highest BCUT2D eigenvalue weighted by molar-refractivity contribution is 7.09. The molecule has 2 N–H and O–H groups in total. The van der Waals surface area contributed by atoms with Crippen molar-refractivity contribution in [2.45, 2.75) is 13.3 Å². The van der Waals surface area contributed by atoms with Crippen LogP contribution in [0.25, 0.3) is 0 Å². The summed E-state index contributed by atoms with van der Waals surface area (Å²) in [5.41, 5.74) is 8.13. The monoisotopic (exact) mass is 330 g/mol. The number of rotatable bonds is 3. The van der Waals surface area contributed by atoms with E-state index in [4.69, 9.17) is 5.73 Å². The van der Waals surface area contributed by atoms with Gasteiger partial charge in [-0.15, -0.1) is 11.3 Å². The minimum Gasteiger partial charge on any atom is -0.373 e. The summed E-state index contributed by atoms with van der Waals surface area (Å²) in [4.78, 5) is 21.5. The van der Waals surface area contributed by atoms with E-state index in [2.05, 4.69) is 29.9 Å². The fourth-order valence-electron chi connectivity index (χ4n) is 3.03. The zero-order valence-corrected chi connectivity index (χ0v) is 14.3. The number of amides is 1. The summed E-state index contributed by atoms with van der Waals surface area (Å²) in [5, 5.41) is 2.76. The molecule has 1 unspecified atom stereocenters. The summed E-state index contributed by atoms with van der Waals surface area (Å²) in [6, 6.07) is 8.06. The average molecular weight is 330 g/mol. The molecule has 5 nitrogen and oxygen atoms in total. The van der Waals surface area contributed by atoms with Gasteiger partial charge in [0.25, 0.3) is 5.91 Å². The van der Waals surface area contributed by atoms with Gasteiger partial charge in [0.1, 0.15) is 5.69 Å². The molecule has 1 aromatic carbocycles. The van der Waals surface area contributed by atoms with Crippen LogP contribution >= 0.6 is 11.3 Å². The number of anilines is 2. The van der Waals surface area contributed by atoms with Crippen molar-refractivity contribution in [3.8, 4) is 0 Å².